The third-order valence-corrected chi connectivity index (χ3v) is 5.50. The van der Waals surface area contributed by atoms with E-state index in [0.29, 0.717) is 11.1 Å². The van der Waals surface area contributed by atoms with Crippen molar-refractivity contribution in [3.8, 4) is 0 Å². The number of hydrogen-bond donors (Lipinski definition) is 2. The molecule has 100 valence electrons. The van der Waals surface area contributed by atoms with Crippen LogP contribution in [0.1, 0.15) is 29.6 Å². The summed E-state index contributed by atoms with van der Waals surface area (Å²) in [6.45, 7) is 0. The topological polar surface area (TPSA) is 49.3 Å². The maximum Gasteiger partial charge on any atom is 0.337 e. The molecule has 2 bridgehead atoms. The number of halogens is 1. The minimum absolute atomic E-state index is 0.282. The highest BCUT2D eigenvalue weighted by atomic mass is 35.5. The number of carboxylic acids is 1. The fraction of sp³-hybridized carbons (Fsp3) is 0.533. The lowest BCUT2D eigenvalue weighted by atomic mass is 10.0. The van der Waals surface area contributed by atoms with Crippen LogP contribution in [0.25, 0.3) is 0 Å². The maximum absolute atomic E-state index is 11.3. The molecular formula is C15H16ClNO2. The van der Waals surface area contributed by atoms with Crippen LogP contribution in [-0.4, -0.2) is 17.1 Å². The number of fused-ring (bicyclic) bond motifs is 5. The van der Waals surface area contributed by atoms with Gasteiger partial charge in [0, 0.05) is 16.8 Å². The van der Waals surface area contributed by atoms with Gasteiger partial charge in [-0.05, 0) is 61.1 Å². The van der Waals surface area contributed by atoms with Crippen molar-refractivity contribution in [3.63, 3.8) is 0 Å². The first-order valence-electron chi connectivity index (χ1n) is 6.94. The Hall–Kier alpha value is -1.22. The third-order valence-electron chi connectivity index (χ3n) is 5.27. The lowest BCUT2D eigenvalue weighted by Gasteiger charge is -2.14. The van der Waals surface area contributed by atoms with Gasteiger partial charge in [0.05, 0.1) is 5.56 Å². The Bertz CT molecular complexity index is 543. The Kier molecular flexibility index (Phi) is 2.37. The molecule has 3 saturated carbocycles. The number of rotatable bonds is 3. The van der Waals surface area contributed by atoms with Crippen molar-refractivity contribution in [2.45, 2.75) is 25.3 Å². The van der Waals surface area contributed by atoms with Crippen molar-refractivity contribution >= 4 is 23.3 Å². The molecule has 3 nitrogen and oxygen atoms in total. The zero-order valence-electron chi connectivity index (χ0n) is 10.5. The number of anilines is 1. The van der Waals surface area contributed by atoms with Crippen LogP contribution < -0.4 is 5.32 Å². The molecule has 0 spiro atoms. The van der Waals surface area contributed by atoms with Crippen molar-refractivity contribution in [1.29, 1.82) is 0 Å². The minimum atomic E-state index is -0.918. The van der Waals surface area contributed by atoms with Crippen molar-refractivity contribution < 1.29 is 9.90 Å². The molecule has 2 N–H and O–H groups in total. The van der Waals surface area contributed by atoms with Gasteiger partial charge in [-0.3, -0.25) is 0 Å². The number of aromatic carboxylic acids is 1. The monoisotopic (exact) mass is 277 g/mol. The van der Waals surface area contributed by atoms with Crippen molar-refractivity contribution in [3.05, 3.63) is 28.8 Å². The Morgan fingerprint density at radius 2 is 1.95 bits per heavy atom. The molecule has 4 unspecified atom stereocenters. The Balaban J connectivity index is 1.57. The summed E-state index contributed by atoms with van der Waals surface area (Å²) in [5, 5.41) is 13.2. The number of nitrogens with one attached hydrogen (secondary N) is 1. The van der Waals surface area contributed by atoms with E-state index >= 15 is 0 Å². The van der Waals surface area contributed by atoms with E-state index in [2.05, 4.69) is 5.32 Å². The molecule has 0 radical (unpaired) electrons. The second-order valence-corrected chi connectivity index (χ2v) is 6.59. The zero-order valence-corrected chi connectivity index (χ0v) is 11.2. The van der Waals surface area contributed by atoms with Crippen LogP contribution in [-0.2, 0) is 0 Å². The highest BCUT2D eigenvalue weighted by molar-refractivity contribution is 6.31. The molecule has 0 amide bonds. The summed E-state index contributed by atoms with van der Waals surface area (Å²) in [5.41, 5.74) is 1.00. The molecule has 0 saturated heterocycles. The van der Waals surface area contributed by atoms with Crippen LogP contribution in [0.5, 0.6) is 0 Å². The van der Waals surface area contributed by atoms with Crippen molar-refractivity contribution in [2.75, 3.05) is 5.32 Å². The van der Waals surface area contributed by atoms with E-state index in [0.717, 1.165) is 29.4 Å². The summed E-state index contributed by atoms with van der Waals surface area (Å²) in [6, 6.07) is 5.56. The largest absolute Gasteiger partial charge is 0.478 e. The highest BCUT2D eigenvalue weighted by Gasteiger charge is 2.65. The molecule has 3 aliphatic carbocycles. The van der Waals surface area contributed by atoms with E-state index in [9.17, 15) is 9.90 Å². The van der Waals surface area contributed by atoms with Gasteiger partial charge in [0.15, 0.2) is 0 Å². The van der Waals surface area contributed by atoms with Gasteiger partial charge in [-0.25, -0.2) is 4.79 Å². The molecule has 4 rings (SSSR count). The van der Waals surface area contributed by atoms with Gasteiger partial charge in [-0.1, -0.05) is 11.6 Å². The summed E-state index contributed by atoms with van der Waals surface area (Å²) < 4.78 is 0. The van der Waals surface area contributed by atoms with Crippen molar-refractivity contribution in [1.82, 2.24) is 0 Å². The number of carbonyl (C=O) groups is 1. The Morgan fingerprint density at radius 1 is 1.26 bits per heavy atom. The van der Waals surface area contributed by atoms with Crippen LogP contribution in [0.2, 0.25) is 5.02 Å². The first kappa shape index (κ1) is 11.6. The number of carboxylic acid groups (broad SMARTS) is 1. The van der Waals surface area contributed by atoms with E-state index in [1.807, 2.05) is 0 Å². The van der Waals surface area contributed by atoms with Gasteiger partial charge >= 0.3 is 5.97 Å². The quantitative estimate of drug-likeness (QED) is 0.889. The van der Waals surface area contributed by atoms with Gasteiger partial charge in [-0.15, -0.1) is 0 Å². The molecule has 4 atom stereocenters. The summed E-state index contributed by atoms with van der Waals surface area (Å²) in [6.07, 6.45) is 4.15. The molecule has 0 aliphatic heterocycles. The summed E-state index contributed by atoms with van der Waals surface area (Å²) in [4.78, 5) is 11.3. The lowest BCUT2D eigenvalue weighted by molar-refractivity contribution is 0.0698. The van der Waals surface area contributed by atoms with Crippen LogP contribution in [0.3, 0.4) is 0 Å². The van der Waals surface area contributed by atoms with Crippen LogP contribution in [0, 0.1) is 23.7 Å². The maximum atomic E-state index is 11.3. The molecule has 0 aromatic heterocycles. The summed E-state index contributed by atoms with van der Waals surface area (Å²) in [5.74, 6) is 2.42. The third kappa shape index (κ3) is 1.68. The van der Waals surface area contributed by atoms with Crippen LogP contribution >= 0.6 is 11.6 Å². The number of hydrogen-bond acceptors (Lipinski definition) is 2. The zero-order chi connectivity index (χ0) is 13.1. The van der Waals surface area contributed by atoms with Crippen molar-refractivity contribution in [2.24, 2.45) is 23.7 Å². The Labute approximate surface area is 117 Å². The van der Waals surface area contributed by atoms with E-state index in [1.165, 1.54) is 25.3 Å². The standard InChI is InChI=1S/C15H16ClNO2/c16-9-3-4-11(10(6-9)15(18)19)17-14-12-7-1-2-8(5-7)13(12)14/h3-4,6-8,12-14,17H,1-2,5H2,(H,18,19). The molecule has 4 heteroatoms. The first-order valence-corrected chi connectivity index (χ1v) is 7.32. The minimum Gasteiger partial charge on any atom is -0.478 e. The van der Waals surface area contributed by atoms with Gasteiger partial charge in [0.2, 0.25) is 0 Å². The van der Waals surface area contributed by atoms with Gasteiger partial charge in [-0.2, -0.15) is 0 Å². The second-order valence-electron chi connectivity index (χ2n) is 6.15. The van der Waals surface area contributed by atoms with Crippen LogP contribution in [0.15, 0.2) is 18.2 Å². The average molecular weight is 278 g/mol. The highest BCUT2D eigenvalue weighted by Crippen LogP contribution is 2.66. The normalized spacial score (nSPS) is 38.1. The predicted molar refractivity (Wildman–Crippen MR) is 73.6 cm³/mol. The number of benzene rings is 1. The molecule has 3 fully saturated rings. The second kappa shape index (κ2) is 3.89. The Morgan fingerprint density at radius 3 is 2.58 bits per heavy atom. The van der Waals surface area contributed by atoms with E-state index in [4.69, 9.17) is 11.6 Å². The molecule has 1 aromatic rings. The predicted octanol–water partition coefficient (Wildman–Crippen LogP) is 3.49. The van der Waals surface area contributed by atoms with Gasteiger partial charge < -0.3 is 10.4 Å². The molecule has 19 heavy (non-hydrogen) atoms. The molecule has 1 aromatic carbocycles. The van der Waals surface area contributed by atoms with Gasteiger partial charge in [0.1, 0.15) is 0 Å². The van der Waals surface area contributed by atoms with E-state index in [-0.39, 0.29) is 5.56 Å². The lowest BCUT2D eigenvalue weighted by Crippen LogP contribution is -2.15. The first-order chi connectivity index (χ1) is 9.15. The summed E-state index contributed by atoms with van der Waals surface area (Å²) in [7, 11) is 0. The summed E-state index contributed by atoms with van der Waals surface area (Å²) >= 11 is 5.87. The molecule has 0 heterocycles. The average Bonchev–Trinajstić information content (AvgIpc) is 2.79. The fourth-order valence-corrected chi connectivity index (χ4v) is 4.69. The van der Waals surface area contributed by atoms with Gasteiger partial charge in [0.25, 0.3) is 0 Å². The fourth-order valence-electron chi connectivity index (χ4n) is 4.52. The smallest absolute Gasteiger partial charge is 0.337 e. The SMILES string of the molecule is O=C(O)c1cc(Cl)ccc1NC1C2C3CCC(C3)C12. The van der Waals surface area contributed by atoms with Crippen LogP contribution in [0.4, 0.5) is 5.69 Å². The molecule has 3 aliphatic rings. The van der Waals surface area contributed by atoms with E-state index < -0.39 is 5.97 Å². The van der Waals surface area contributed by atoms with E-state index in [1.54, 1.807) is 12.1 Å². The molecular weight excluding hydrogens is 262 g/mol.